The summed E-state index contributed by atoms with van der Waals surface area (Å²) >= 11 is 0. The summed E-state index contributed by atoms with van der Waals surface area (Å²) in [4.78, 5) is 23.9. The number of hydrogen-bond acceptors (Lipinski definition) is 9. The quantitative estimate of drug-likeness (QED) is 0.306. The molecule has 1 saturated carbocycles. The van der Waals surface area contributed by atoms with Gasteiger partial charge in [0.2, 0.25) is 6.29 Å². The number of fused-ring (bicyclic) bond motifs is 1. The average Bonchev–Trinajstić information content (AvgIpc) is 3.31. The van der Waals surface area contributed by atoms with Gasteiger partial charge >= 0.3 is 5.97 Å². The summed E-state index contributed by atoms with van der Waals surface area (Å²) < 4.78 is 11.5. The monoisotopic (exact) mass is 504 g/mol. The molecule has 10 nitrogen and oxygen atoms in total. The molecule has 1 saturated heterocycles. The van der Waals surface area contributed by atoms with Crippen molar-refractivity contribution >= 4 is 22.5 Å². The highest BCUT2D eigenvalue weighted by Crippen LogP contribution is 2.43. The van der Waals surface area contributed by atoms with Crippen molar-refractivity contribution in [3.8, 4) is 11.5 Å². The Kier molecular flexibility index (Phi) is 7.27. The smallest absolute Gasteiger partial charge is 0.335 e. The number of carboxylic acid groups (broad SMARTS) is 1. The summed E-state index contributed by atoms with van der Waals surface area (Å²) in [6.07, 6.45) is -2.57. The zero-order valence-electron chi connectivity index (χ0n) is 20.2. The van der Waals surface area contributed by atoms with E-state index in [1.807, 2.05) is 0 Å². The topological polar surface area (TPSA) is 174 Å². The Balaban J connectivity index is 1.74. The van der Waals surface area contributed by atoms with E-state index >= 15 is 0 Å². The van der Waals surface area contributed by atoms with Gasteiger partial charge in [-0.1, -0.05) is 31.7 Å². The summed E-state index contributed by atoms with van der Waals surface area (Å²) in [7, 11) is 0. The third-order valence-electron chi connectivity index (χ3n) is 7.44. The SMILES string of the molecule is CC(=O)c1c(C)cc2cc(C(=O)O)cc(O[C@H]3O[C@H](CO)[C@](O)(CC4CCCC4)[C@H](O)[C@H]3O)c2c1O. The molecule has 4 rings (SSSR count). The second kappa shape index (κ2) is 9.95. The van der Waals surface area contributed by atoms with E-state index in [9.17, 15) is 40.2 Å². The van der Waals surface area contributed by atoms with Crippen LogP contribution in [0.15, 0.2) is 18.2 Å². The van der Waals surface area contributed by atoms with Gasteiger partial charge in [-0.3, -0.25) is 4.79 Å². The number of phenols is 1. The third kappa shape index (κ3) is 4.55. The van der Waals surface area contributed by atoms with Crippen LogP contribution in [0.25, 0.3) is 10.8 Å². The Bertz CT molecular complexity index is 1170. The third-order valence-corrected chi connectivity index (χ3v) is 7.44. The van der Waals surface area contributed by atoms with Gasteiger partial charge in [0.15, 0.2) is 5.78 Å². The molecule has 0 radical (unpaired) electrons. The minimum Gasteiger partial charge on any atom is -0.506 e. The lowest BCUT2D eigenvalue weighted by Crippen LogP contribution is -2.68. The van der Waals surface area contributed by atoms with Crippen LogP contribution in [-0.2, 0) is 4.74 Å². The van der Waals surface area contributed by atoms with Gasteiger partial charge in [-0.15, -0.1) is 0 Å². The molecular weight excluding hydrogens is 472 g/mol. The fraction of sp³-hybridized carbons (Fsp3) is 0.538. The van der Waals surface area contributed by atoms with Crippen molar-refractivity contribution in [2.45, 2.75) is 76.2 Å². The molecule has 2 aliphatic rings. The van der Waals surface area contributed by atoms with Crippen LogP contribution >= 0.6 is 0 Å². The summed E-state index contributed by atoms with van der Waals surface area (Å²) in [5, 5.41) is 63.8. The number of carboxylic acids is 1. The predicted octanol–water partition coefficient (Wildman–Crippen LogP) is 1.88. The van der Waals surface area contributed by atoms with Crippen molar-refractivity contribution in [2.24, 2.45) is 5.92 Å². The summed E-state index contributed by atoms with van der Waals surface area (Å²) in [5.41, 5.74) is -1.65. The highest BCUT2D eigenvalue weighted by Gasteiger charge is 2.56. The van der Waals surface area contributed by atoms with Gasteiger partial charge in [0.05, 0.1) is 23.1 Å². The maximum Gasteiger partial charge on any atom is 0.335 e. The van der Waals surface area contributed by atoms with Crippen LogP contribution in [-0.4, -0.2) is 79.2 Å². The van der Waals surface area contributed by atoms with E-state index in [-0.39, 0.29) is 40.0 Å². The molecule has 36 heavy (non-hydrogen) atoms. The Morgan fingerprint density at radius 2 is 1.83 bits per heavy atom. The fourth-order valence-electron chi connectivity index (χ4n) is 5.63. The number of aliphatic hydroxyl groups excluding tert-OH is 3. The number of ether oxygens (including phenoxy) is 2. The number of phenolic OH excluding ortho intramolecular Hbond substituents is 1. The molecule has 1 heterocycles. The Morgan fingerprint density at radius 1 is 1.17 bits per heavy atom. The molecule has 2 aromatic rings. The molecule has 10 heteroatoms. The lowest BCUT2D eigenvalue weighted by molar-refractivity contribution is -0.316. The van der Waals surface area contributed by atoms with E-state index in [0.29, 0.717) is 5.56 Å². The van der Waals surface area contributed by atoms with Crippen LogP contribution in [0.2, 0.25) is 0 Å². The lowest BCUT2D eigenvalue weighted by Gasteiger charge is -2.48. The number of aromatic hydroxyl groups is 1. The van der Waals surface area contributed by atoms with Crippen molar-refractivity contribution in [2.75, 3.05) is 6.61 Å². The van der Waals surface area contributed by atoms with E-state index in [4.69, 9.17) is 9.47 Å². The van der Waals surface area contributed by atoms with Crippen LogP contribution in [0, 0.1) is 12.8 Å². The zero-order chi connectivity index (χ0) is 26.4. The molecule has 1 aliphatic heterocycles. The zero-order valence-corrected chi connectivity index (χ0v) is 20.2. The van der Waals surface area contributed by atoms with Crippen molar-refractivity contribution in [3.05, 3.63) is 34.9 Å². The molecule has 0 spiro atoms. The van der Waals surface area contributed by atoms with E-state index in [1.165, 1.54) is 19.1 Å². The van der Waals surface area contributed by atoms with Crippen LogP contribution in [0.3, 0.4) is 0 Å². The minimum atomic E-state index is -1.92. The lowest BCUT2D eigenvalue weighted by atomic mass is 9.77. The molecule has 5 atom stereocenters. The summed E-state index contributed by atoms with van der Waals surface area (Å²) in [6.45, 7) is 2.22. The molecule has 2 aromatic carbocycles. The van der Waals surface area contributed by atoms with Crippen LogP contribution in [0.4, 0.5) is 0 Å². The van der Waals surface area contributed by atoms with E-state index < -0.39 is 54.3 Å². The molecule has 1 aliphatic carbocycles. The first kappa shape index (κ1) is 26.3. The van der Waals surface area contributed by atoms with Crippen LogP contribution < -0.4 is 4.74 Å². The highest BCUT2D eigenvalue weighted by molar-refractivity contribution is 6.08. The van der Waals surface area contributed by atoms with Gasteiger partial charge in [-0.25, -0.2) is 4.79 Å². The van der Waals surface area contributed by atoms with E-state index in [1.54, 1.807) is 6.92 Å². The predicted molar refractivity (Wildman–Crippen MR) is 127 cm³/mol. The molecule has 2 fully saturated rings. The van der Waals surface area contributed by atoms with Crippen molar-refractivity contribution in [1.29, 1.82) is 0 Å². The Morgan fingerprint density at radius 3 is 2.42 bits per heavy atom. The van der Waals surface area contributed by atoms with Gasteiger partial charge in [0.1, 0.15) is 35.4 Å². The highest BCUT2D eigenvalue weighted by atomic mass is 16.7. The number of hydrogen-bond donors (Lipinski definition) is 6. The maximum atomic E-state index is 12.1. The standard InChI is InChI=1S/C26H32O10/c1-12-7-15-8-16(24(32)33)9-17(20(15)21(29)19(12)13(2)28)35-25-22(30)23(31)26(34,18(11-27)36-25)10-14-5-3-4-6-14/h7-9,14,18,22-23,25,27,29-31,34H,3-6,10-11H2,1-2H3,(H,32,33)/t18-,22-,23-,25+,26-/m1/s1. The van der Waals surface area contributed by atoms with E-state index in [2.05, 4.69) is 0 Å². The number of aryl methyl sites for hydroxylation is 1. The maximum absolute atomic E-state index is 12.1. The second-order valence-corrected chi connectivity index (χ2v) is 9.93. The Hall–Kier alpha value is -2.76. The number of carbonyl (C=O) groups excluding carboxylic acids is 1. The normalized spacial score (nSPS) is 28.9. The number of carbonyl (C=O) groups is 2. The van der Waals surface area contributed by atoms with Gasteiger partial charge in [0.25, 0.3) is 0 Å². The number of Topliss-reactive ketones (excluding diaryl/α,β-unsaturated/α-hetero) is 1. The summed E-state index contributed by atoms with van der Waals surface area (Å²) in [5.74, 6) is -2.22. The number of benzene rings is 2. The van der Waals surface area contributed by atoms with Gasteiger partial charge in [0, 0.05) is 0 Å². The van der Waals surface area contributed by atoms with Crippen molar-refractivity contribution < 1.29 is 49.7 Å². The first-order chi connectivity index (χ1) is 17.0. The van der Waals surface area contributed by atoms with Gasteiger partial charge in [-0.2, -0.15) is 0 Å². The number of rotatable bonds is 7. The first-order valence-electron chi connectivity index (χ1n) is 12.0. The van der Waals surface area contributed by atoms with Crippen molar-refractivity contribution in [3.63, 3.8) is 0 Å². The Labute approximate surface area is 207 Å². The van der Waals surface area contributed by atoms with Crippen molar-refractivity contribution in [1.82, 2.24) is 0 Å². The van der Waals surface area contributed by atoms with Gasteiger partial charge in [-0.05, 0) is 49.3 Å². The summed E-state index contributed by atoms with van der Waals surface area (Å²) in [6, 6.07) is 3.96. The van der Waals surface area contributed by atoms with Gasteiger partial charge < -0.3 is 40.1 Å². The van der Waals surface area contributed by atoms with Crippen LogP contribution in [0.5, 0.6) is 11.5 Å². The second-order valence-electron chi connectivity index (χ2n) is 9.93. The van der Waals surface area contributed by atoms with E-state index in [0.717, 1.165) is 31.7 Å². The molecule has 0 aromatic heterocycles. The molecular formula is C26H32O10. The number of aromatic carboxylic acids is 1. The molecule has 0 bridgehead atoms. The average molecular weight is 505 g/mol. The molecule has 0 unspecified atom stereocenters. The van der Waals surface area contributed by atoms with Crippen LogP contribution in [0.1, 0.15) is 65.3 Å². The number of ketones is 1. The fourth-order valence-corrected chi connectivity index (χ4v) is 5.63. The first-order valence-corrected chi connectivity index (χ1v) is 12.0. The molecule has 6 N–H and O–H groups in total. The molecule has 196 valence electrons. The number of aliphatic hydroxyl groups is 4. The molecule has 0 amide bonds. The largest absolute Gasteiger partial charge is 0.506 e. The minimum absolute atomic E-state index is 0.0217.